The highest BCUT2D eigenvalue weighted by atomic mass is 16.5. The monoisotopic (exact) mass is 254 g/mol. The Bertz CT molecular complexity index is 548. The average molecular weight is 254 g/mol. The fraction of sp³-hybridized carbons (Fsp3) is 0.294. The minimum atomic E-state index is 0.323. The molecule has 0 aromatic heterocycles. The van der Waals surface area contributed by atoms with E-state index < -0.39 is 0 Å². The molecule has 2 heteroatoms. The van der Waals surface area contributed by atoms with Gasteiger partial charge < -0.3 is 9.47 Å². The van der Waals surface area contributed by atoms with Gasteiger partial charge in [0.15, 0.2) is 0 Å². The third kappa shape index (κ3) is 2.90. The van der Waals surface area contributed by atoms with Crippen molar-refractivity contribution >= 4 is 0 Å². The minimum absolute atomic E-state index is 0.323. The van der Waals surface area contributed by atoms with E-state index in [1.54, 1.807) is 0 Å². The molecule has 1 aliphatic rings. The van der Waals surface area contributed by atoms with Crippen molar-refractivity contribution in [2.75, 3.05) is 0 Å². The molecule has 1 unspecified atom stereocenters. The van der Waals surface area contributed by atoms with Crippen molar-refractivity contribution in [3.63, 3.8) is 0 Å². The van der Waals surface area contributed by atoms with Crippen LogP contribution in [0.25, 0.3) is 0 Å². The second-order valence-electron chi connectivity index (χ2n) is 5.01. The van der Waals surface area contributed by atoms with Gasteiger partial charge in [0.1, 0.15) is 18.1 Å². The fourth-order valence-electron chi connectivity index (χ4n) is 2.33. The number of ether oxygens (including phenoxy) is 2. The van der Waals surface area contributed by atoms with Gasteiger partial charge in [-0.1, -0.05) is 30.3 Å². The van der Waals surface area contributed by atoms with E-state index in [1.807, 2.05) is 30.3 Å². The van der Waals surface area contributed by atoms with Crippen LogP contribution in [0.15, 0.2) is 48.5 Å². The third-order valence-corrected chi connectivity index (χ3v) is 3.43. The number of benzene rings is 2. The van der Waals surface area contributed by atoms with Crippen LogP contribution in [0.2, 0.25) is 0 Å². The Morgan fingerprint density at radius 1 is 1.16 bits per heavy atom. The van der Waals surface area contributed by atoms with Gasteiger partial charge in [0.2, 0.25) is 0 Å². The van der Waals surface area contributed by atoms with Crippen molar-refractivity contribution in [3.05, 3.63) is 59.7 Å². The van der Waals surface area contributed by atoms with E-state index in [1.165, 1.54) is 11.1 Å². The van der Waals surface area contributed by atoms with Crippen LogP contribution in [-0.4, -0.2) is 6.10 Å². The number of rotatable bonds is 3. The summed E-state index contributed by atoms with van der Waals surface area (Å²) in [5, 5.41) is 0. The molecule has 0 aliphatic carbocycles. The van der Waals surface area contributed by atoms with Crippen molar-refractivity contribution in [1.29, 1.82) is 0 Å². The molecule has 2 aromatic carbocycles. The predicted molar refractivity (Wildman–Crippen MR) is 75.6 cm³/mol. The molecule has 2 nitrogen and oxygen atoms in total. The Balaban J connectivity index is 1.69. The Kier molecular flexibility index (Phi) is 3.41. The van der Waals surface area contributed by atoms with Crippen LogP contribution >= 0.6 is 0 Å². The number of hydrogen-bond acceptors (Lipinski definition) is 2. The Labute approximate surface area is 114 Å². The maximum Gasteiger partial charge on any atom is 0.123 e. The fourth-order valence-corrected chi connectivity index (χ4v) is 2.33. The zero-order valence-corrected chi connectivity index (χ0v) is 11.1. The summed E-state index contributed by atoms with van der Waals surface area (Å²) in [5.41, 5.74) is 2.44. The van der Waals surface area contributed by atoms with Gasteiger partial charge in [-0.15, -0.1) is 0 Å². The zero-order chi connectivity index (χ0) is 13.1. The molecular formula is C17H18O2. The van der Waals surface area contributed by atoms with E-state index in [0.717, 1.165) is 24.3 Å². The van der Waals surface area contributed by atoms with Gasteiger partial charge >= 0.3 is 0 Å². The van der Waals surface area contributed by atoms with Crippen LogP contribution in [0.4, 0.5) is 0 Å². The quantitative estimate of drug-likeness (QED) is 0.824. The molecule has 19 heavy (non-hydrogen) atoms. The topological polar surface area (TPSA) is 18.5 Å². The van der Waals surface area contributed by atoms with Crippen molar-refractivity contribution < 1.29 is 9.47 Å². The first-order chi connectivity index (χ1) is 9.31. The van der Waals surface area contributed by atoms with Gasteiger partial charge in [-0.25, -0.2) is 0 Å². The molecule has 0 fully saturated rings. The predicted octanol–water partition coefficient (Wildman–Crippen LogP) is 3.98. The summed E-state index contributed by atoms with van der Waals surface area (Å²) in [6.07, 6.45) is 2.47. The average Bonchev–Trinajstić information content (AvgIpc) is 2.46. The SMILES string of the molecule is CC1CCc2cc(OCc3ccccc3)ccc2O1. The largest absolute Gasteiger partial charge is 0.490 e. The molecular weight excluding hydrogens is 236 g/mol. The summed E-state index contributed by atoms with van der Waals surface area (Å²) in [4.78, 5) is 0. The normalized spacial score (nSPS) is 17.4. The van der Waals surface area contributed by atoms with Crippen molar-refractivity contribution in [3.8, 4) is 11.5 Å². The summed E-state index contributed by atoms with van der Waals surface area (Å²) in [7, 11) is 0. The van der Waals surface area contributed by atoms with E-state index >= 15 is 0 Å². The molecule has 1 heterocycles. The number of aryl methyl sites for hydroxylation is 1. The van der Waals surface area contributed by atoms with Crippen LogP contribution < -0.4 is 9.47 Å². The Morgan fingerprint density at radius 2 is 2.00 bits per heavy atom. The summed E-state index contributed by atoms with van der Waals surface area (Å²) in [6.45, 7) is 2.72. The first-order valence-corrected chi connectivity index (χ1v) is 6.77. The summed E-state index contributed by atoms with van der Waals surface area (Å²) >= 11 is 0. The van der Waals surface area contributed by atoms with Gasteiger partial charge in [0.25, 0.3) is 0 Å². The second kappa shape index (κ2) is 5.35. The van der Waals surface area contributed by atoms with Gasteiger partial charge in [-0.3, -0.25) is 0 Å². The molecule has 1 aliphatic heterocycles. The maximum absolute atomic E-state index is 5.83. The smallest absolute Gasteiger partial charge is 0.123 e. The summed E-state index contributed by atoms with van der Waals surface area (Å²) in [5.74, 6) is 1.92. The van der Waals surface area contributed by atoms with Crippen LogP contribution in [0, 0.1) is 0 Å². The van der Waals surface area contributed by atoms with E-state index in [9.17, 15) is 0 Å². The number of hydrogen-bond donors (Lipinski definition) is 0. The highest BCUT2D eigenvalue weighted by molar-refractivity contribution is 5.41. The lowest BCUT2D eigenvalue weighted by molar-refractivity contribution is 0.191. The van der Waals surface area contributed by atoms with Crippen molar-refractivity contribution in [2.24, 2.45) is 0 Å². The van der Waals surface area contributed by atoms with Crippen LogP contribution in [0.5, 0.6) is 11.5 Å². The van der Waals surface area contributed by atoms with Crippen LogP contribution in [-0.2, 0) is 13.0 Å². The molecule has 2 aromatic rings. The highest BCUT2D eigenvalue weighted by Crippen LogP contribution is 2.31. The standard InChI is InChI=1S/C17H18O2/c1-13-7-8-15-11-16(9-10-17(15)19-13)18-12-14-5-3-2-4-6-14/h2-6,9-11,13H,7-8,12H2,1H3. The lowest BCUT2D eigenvalue weighted by atomic mass is 10.0. The Hall–Kier alpha value is -1.96. The van der Waals surface area contributed by atoms with Crippen molar-refractivity contribution in [1.82, 2.24) is 0 Å². The molecule has 0 N–H and O–H groups in total. The molecule has 0 saturated heterocycles. The lowest BCUT2D eigenvalue weighted by Crippen LogP contribution is -2.18. The van der Waals surface area contributed by atoms with E-state index in [4.69, 9.17) is 9.47 Å². The second-order valence-corrected chi connectivity index (χ2v) is 5.01. The summed E-state index contributed by atoms with van der Waals surface area (Å²) in [6, 6.07) is 16.3. The van der Waals surface area contributed by atoms with Gasteiger partial charge in [0.05, 0.1) is 6.10 Å². The van der Waals surface area contributed by atoms with Gasteiger partial charge in [-0.05, 0) is 49.1 Å². The first-order valence-electron chi connectivity index (χ1n) is 6.77. The van der Waals surface area contributed by atoms with E-state index in [0.29, 0.717) is 12.7 Å². The van der Waals surface area contributed by atoms with Crippen LogP contribution in [0.1, 0.15) is 24.5 Å². The molecule has 0 amide bonds. The third-order valence-electron chi connectivity index (χ3n) is 3.43. The molecule has 0 spiro atoms. The summed E-state index contributed by atoms with van der Waals surface area (Å²) < 4.78 is 11.6. The van der Waals surface area contributed by atoms with E-state index in [-0.39, 0.29) is 0 Å². The minimum Gasteiger partial charge on any atom is -0.490 e. The molecule has 98 valence electrons. The zero-order valence-electron chi connectivity index (χ0n) is 11.1. The highest BCUT2D eigenvalue weighted by Gasteiger charge is 2.16. The van der Waals surface area contributed by atoms with Gasteiger partial charge in [0, 0.05) is 0 Å². The molecule has 1 atom stereocenters. The van der Waals surface area contributed by atoms with Gasteiger partial charge in [-0.2, -0.15) is 0 Å². The molecule has 0 saturated carbocycles. The Morgan fingerprint density at radius 3 is 2.84 bits per heavy atom. The molecule has 0 radical (unpaired) electrons. The number of fused-ring (bicyclic) bond motifs is 1. The first kappa shape index (κ1) is 12.1. The van der Waals surface area contributed by atoms with Crippen LogP contribution in [0.3, 0.4) is 0 Å². The van der Waals surface area contributed by atoms with Crippen molar-refractivity contribution in [2.45, 2.75) is 32.5 Å². The lowest BCUT2D eigenvalue weighted by Gasteiger charge is -2.23. The van der Waals surface area contributed by atoms with E-state index in [2.05, 4.69) is 25.1 Å². The molecule has 3 rings (SSSR count). The molecule has 0 bridgehead atoms. The maximum atomic E-state index is 5.83.